The number of amides is 1. The minimum atomic E-state index is -0.372. The Morgan fingerprint density at radius 2 is 1.68 bits per heavy atom. The number of hydrogen-bond acceptors (Lipinski definition) is 8. The Hall–Kier alpha value is -3.43. The van der Waals surface area contributed by atoms with Crippen LogP contribution in [0.3, 0.4) is 0 Å². The van der Waals surface area contributed by atoms with Crippen molar-refractivity contribution in [3.63, 3.8) is 0 Å². The fourth-order valence-corrected chi connectivity index (χ4v) is 3.22. The van der Waals surface area contributed by atoms with Gasteiger partial charge < -0.3 is 31.3 Å². The first-order valence-corrected chi connectivity index (χ1v) is 12.6. The van der Waals surface area contributed by atoms with Crippen LogP contribution in [0.5, 0.6) is 11.5 Å². The number of hydrogen-bond donors (Lipinski definition) is 4. The topological polar surface area (TPSA) is 151 Å². The van der Waals surface area contributed by atoms with Gasteiger partial charge in [-0.25, -0.2) is 0 Å². The summed E-state index contributed by atoms with van der Waals surface area (Å²) < 4.78 is 4.89. The highest BCUT2D eigenvalue weighted by atomic mass is 16.5. The van der Waals surface area contributed by atoms with Crippen LogP contribution in [0.4, 0.5) is 5.69 Å². The second kappa shape index (κ2) is 17.9. The molecule has 0 fully saturated rings. The highest BCUT2D eigenvalue weighted by Gasteiger charge is 2.20. The molecule has 2 aromatic carbocycles. The zero-order chi connectivity index (χ0) is 29.4. The molecule has 0 saturated carbocycles. The van der Waals surface area contributed by atoms with Crippen molar-refractivity contribution in [2.45, 2.75) is 73.4 Å². The molecule has 0 aliphatic rings. The lowest BCUT2D eigenvalue weighted by Crippen LogP contribution is -2.44. The van der Waals surface area contributed by atoms with E-state index < -0.39 is 0 Å². The van der Waals surface area contributed by atoms with Gasteiger partial charge in [0.1, 0.15) is 18.1 Å². The van der Waals surface area contributed by atoms with Crippen LogP contribution in [0.2, 0.25) is 0 Å². The smallest absolute Gasteiger partial charge is 0.302 e. The summed E-state index contributed by atoms with van der Waals surface area (Å²) in [6.07, 6.45) is 1.41. The van der Waals surface area contributed by atoms with Gasteiger partial charge in [-0.1, -0.05) is 31.2 Å². The normalized spacial score (nSPS) is 11.5. The minimum Gasteiger partial charge on any atom is -0.508 e. The number of phenolic OH excluding ortho intramolecular Hbond substituents is 2. The molecule has 0 heterocycles. The van der Waals surface area contributed by atoms with E-state index in [9.17, 15) is 19.8 Å². The van der Waals surface area contributed by atoms with Crippen molar-refractivity contribution in [3.05, 3.63) is 53.1 Å². The molecule has 38 heavy (non-hydrogen) atoms. The number of carbonyl (C=O) groups is 2. The Labute approximate surface area is 227 Å². The van der Waals surface area contributed by atoms with E-state index in [2.05, 4.69) is 4.99 Å². The number of esters is 1. The fourth-order valence-electron chi connectivity index (χ4n) is 3.22. The molecule has 0 aromatic heterocycles. The van der Waals surface area contributed by atoms with Crippen LogP contribution >= 0.6 is 0 Å². The minimum absolute atomic E-state index is 0.0960. The number of aromatic hydroxyl groups is 2. The van der Waals surface area contributed by atoms with Crippen molar-refractivity contribution in [3.8, 4) is 11.5 Å². The molecule has 1 unspecified atom stereocenters. The van der Waals surface area contributed by atoms with Crippen LogP contribution in [0.15, 0.2) is 41.4 Å². The highest BCUT2D eigenvalue weighted by molar-refractivity contribution is 5.82. The molecule has 2 aromatic rings. The van der Waals surface area contributed by atoms with E-state index in [4.69, 9.17) is 16.2 Å². The number of aliphatic imine (C=N–C) groups is 1. The number of para-hydroxylation sites is 1. The molecule has 0 bridgehead atoms. The zero-order valence-corrected chi connectivity index (χ0v) is 24.1. The quantitative estimate of drug-likeness (QED) is 0.296. The van der Waals surface area contributed by atoms with Crippen molar-refractivity contribution in [1.82, 2.24) is 4.90 Å². The maximum absolute atomic E-state index is 11.2. The molecule has 9 heteroatoms. The summed E-state index contributed by atoms with van der Waals surface area (Å²) in [7, 11) is 1.65. The Kier molecular flexibility index (Phi) is 16.3. The number of nitrogens with two attached hydrogens (primary N) is 2. The van der Waals surface area contributed by atoms with Crippen LogP contribution in [0, 0.1) is 13.8 Å². The van der Waals surface area contributed by atoms with Crippen molar-refractivity contribution < 1.29 is 24.5 Å². The molecular weight excluding hydrogens is 484 g/mol. The number of ether oxygens (including phenoxy) is 1. The van der Waals surface area contributed by atoms with Gasteiger partial charge in [0.25, 0.3) is 0 Å². The molecule has 9 nitrogen and oxygen atoms in total. The first-order chi connectivity index (χ1) is 17.7. The fraction of sp³-hybridized carbons (Fsp3) is 0.483. The number of rotatable bonds is 8. The molecule has 0 saturated heterocycles. The van der Waals surface area contributed by atoms with Gasteiger partial charge in [-0.3, -0.25) is 14.6 Å². The number of benzene rings is 2. The summed E-state index contributed by atoms with van der Waals surface area (Å²) in [5, 5.41) is 18.6. The Balaban J connectivity index is 0.000000555. The van der Waals surface area contributed by atoms with Gasteiger partial charge in [-0.15, -0.1) is 0 Å². The molecule has 0 radical (unpaired) electrons. The monoisotopic (exact) mass is 530 g/mol. The lowest BCUT2D eigenvalue weighted by atomic mass is 10.1. The van der Waals surface area contributed by atoms with E-state index in [1.807, 2.05) is 58.9 Å². The highest BCUT2D eigenvalue weighted by Crippen LogP contribution is 2.23. The maximum atomic E-state index is 11.2. The first-order valence-electron chi connectivity index (χ1n) is 12.6. The van der Waals surface area contributed by atoms with E-state index in [0.29, 0.717) is 18.7 Å². The van der Waals surface area contributed by atoms with E-state index in [1.54, 1.807) is 19.2 Å². The number of aryl methyl sites for hydroxylation is 3. The molecule has 6 N–H and O–H groups in total. The predicted octanol–water partition coefficient (Wildman–Crippen LogP) is 4.15. The summed E-state index contributed by atoms with van der Waals surface area (Å²) in [4.78, 5) is 27.7. The average molecular weight is 531 g/mol. The second-order valence-electron chi connectivity index (χ2n) is 9.28. The standard InChI is InChI=1S/C10H21N3O3.C10H13NO.C9H12O/c1-7(14)13(3)10(4-9(12)5-11)6-16-8(2)15;1-7(2)11-10-6-9(12)5-4-8(10)3;1-3-8-6-4-5-7(2)9(8)10/h9-10H,4-6,11-12H2,1-3H3;4-6,12H,1-3H3;4-6,10H,3H2,1-2H3/t9-,10?;;/m1../s1. The maximum Gasteiger partial charge on any atom is 0.302 e. The van der Waals surface area contributed by atoms with Crippen LogP contribution in [-0.4, -0.2) is 65.0 Å². The van der Waals surface area contributed by atoms with Gasteiger partial charge in [0.2, 0.25) is 5.91 Å². The van der Waals surface area contributed by atoms with Crippen LogP contribution < -0.4 is 11.5 Å². The van der Waals surface area contributed by atoms with Gasteiger partial charge in [0.15, 0.2) is 0 Å². The lowest BCUT2D eigenvalue weighted by molar-refractivity contribution is -0.145. The summed E-state index contributed by atoms with van der Waals surface area (Å²) >= 11 is 0. The van der Waals surface area contributed by atoms with Crippen molar-refractivity contribution >= 4 is 23.3 Å². The van der Waals surface area contributed by atoms with Gasteiger partial charge in [-0.2, -0.15) is 0 Å². The molecule has 0 spiro atoms. The number of nitrogens with zero attached hydrogens (tertiary/aromatic N) is 2. The lowest BCUT2D eigenvalue weighted by Gasteiger charge is -2.28. The van der Waals surface area contributed by atoms with Crippen LogP contribution in [0.25, 0.3) is 0 Å². The third-order valence-corrected chi connectivity index (χ3v) is 5.64. The van der Waals surface area contributed by atoms with E-state index in [-0.39, 0.29) is 36.3 Å². The van der Waals surface area contributed by atoms with Crippen molar-refractivity contribution in [2.75, 3.05) is 20.2 Å². The summed E-state index contributed by atoms with van der Waals surface area (Å²) in [6.45, 7) is 13.1. The van der Waals surface area contributed by atoms with E-state index in [0.717, 1.165) is 34.5 Å². The van der Waals surface area contributed by atoms with Gasteiger partial charge in [-0.05, 0) is 63.3 Å². The molecule has 212 valence electrons. The Morgan fingerprint density at radius 3 is 2.16 bits per heavy atom. The zero-order valence-electron chi connectivity index (χ0n) is 24.1. The summed E-state index contributed by atoms with van der Waals surface area (Å²) in [6, 6.07) is 10.6. The van der Waals surface area contributed by atoms with E-state index >= 15 is 0 Å². The Morgan fingerprint density at radius 1 is 1.05 bits per heavy atom. The average Bonchev–Trinajstić information content (AvgIpc) is 2.85. The molecule has 2 rings (SSSR count). The Bertz CT molecular complexity index is 1050. The largest absolute Gasteiger partial charge is 0.508 e. The SMILES string of the molecule is CC(=O)OCC(C[C@@H](N)CN)N(C)C(C)=O.CC(C)=Nc1cc(O)ccc1C.CCc1cccc(C)c1O. The number of phenols is 2. The van der Waals surface area contributed by atoms with Crippen LogP contribution in [0.1, 0.15) is 57.7 Å². The number of carbonyl (C=O) groups excluding carboxylic acids is 2. The van der Waals surface area contributed by atoms with Gasteiger partial charge in [0, 0.05) is 45.3 Å². The molecule has 1 amide bonds. The molecule has 2 atom stereocenters. The van der Waals surface area contributed by atoms with Gasteiger partial charge in [0.05, 0.1) is 11.7 Å². The first kappa shape index (κ1) is 34.6. The van der Waals surface area contributed by atoms with Gasteiger partial charge >= 0.3 is 5.97 Å². The number of likely N-dealkylation sites (N-methyl/N-ethyl adjacent to an activating group) is 1. The van der Waals surface area contributed by atoms with Crippen molar-refractivity contribution in [1.29, 1.82) is 0 Å². The summed E-state index contributed by atoms with van der Waals surface area (Å²) in [5.74, 6) is 0.246. The third-order valence-electron chi connectivity index (χ3n) is 5.64. The molecular formula is C29H46N4O5. The second-order valence-corrected chi connectivity index (χ2v) is 9.28. The van der Waals surface area contributed by atoms with E-state index in [1.165, 1.54) is 18.7 Å². The third kappa shape index (κ3) is 13.8. The predicted molar refractivity (Wildman–Crippen MR) is 154 cm³/mol. The van der Waals surface area contributed by atoms with Crippen molar-refractivity contribution in [2.24, 2.45) is 16.5 Å². The van der Waals surface area contributed by atoms with Crippen LogP contribution in [-0.2, 0) is 20.7 Å². The summed E-state index contributed by atoms with van der Waals surface area (Å²) in [5.41, 5.74) is 16.0. The molecule has 0 aliphatic heterocycles. The molecule has 0 aliphatic carbocycles.